The van der Waals surface area contributed by atoms with Gasteiger partial charge in [-0.15, -0.1) is 0 Å². The predicted molar refractivity (Wildman–Crippen MR) is 92.6 cm³/mol. The number of hydrogen-bond donors (Lipinski definition) is 0. The fraction of sp³-hybridized carbons (Fsp3) is 0.312. The Balaban J connectivity index is 2.64. The van der Waals surface area contributed by atoms with Gasteiger partial charge in [0, 0.05) is 0 Å². The Morgan fingerprint density at radius 2 is 1.77 bits per heavy atom. The summed E-state index contributed by atoms with van der Waals surface area (Å²) in [7, 11) is -3.47. The average molecular weight is 335 g/mol. The number of rotatable bonds is 7. The Morgan fingerprint density at radius 1 is 1.14 bits per heavy atom. The number of isothiocyanates is 1. The molecule has 116 valence electrons. The number of aliphatic imine (C=N–C) groups is 1. The van der Waals surface area contributed by atoms with Gasteiger partial charge in [0.15, 0.2) is 5.78 Å². The molecule has 1 unspecified atom stereocenters. The normalized spacial score (nSPS) is 12.8. The van der Waals surface area contributed by atoms with Crippen molar-refractivity contribution in [1.82, 2.24) is 0 Å². The van der Waals surface area contributed by atoms with E-state index >= 15 is 0 Å². The van der Waals surface area contributed by atoms with Gasteiger partial charge >= 0.3 is 7.60 Å². The van der Waals surface area contributed by atoms with Crippen LogP contribution in [-0.4, -0.2) is 18.4 Å². The van der Waals surface area contributed by atoms with Gasteiger partial charge in [0.05, 0.1) is 18.4 Å². The van der Waals surface area contributed by atoms with Gasteiger partial charge in [-0.05, 0) is 42.4 Å². The number of thiocarbonyl (C=S) groups is 1. The third-order valence-electron chi connectivity index (χ3n) is 3.19. The molecule has 2 aromatic carbocycles. The second-order valence-electron chi connectivity index (χ2n) is 4.54. The van der Waals surface area contributed by atoms with Gasteiger partial charge in [-0.25, -0.2) is 4.99 Å². The van der Waals surface area contributed by atoms with Gasteiger partial charge in [0.25, 0.3) is 0 Å². The number of fused-ring (bicyclic) bond motifs is 1. The van der Waals surface area contributed by atoms with Crippen molar-refractivity contribution in [1.29, 1.82) is 0 Å². The fourth-order valence-electron chi connectivity index (χ4n) is 2.37. The fourth-order valence-corrected chi connectivity index (χ4v) is 4.40. The third-order valence-corrected chi connectivity index (χ3v) is 5.53. The second kappa shape index (κ2) is 7.77. The van der Waals surface area contributed by atoms with Crippen molar-refractivity contribution >= 4 is 35.7 Å². The van der Waals surface area contributed by atoms with Gasteiger partial charge in [0.1, 0.15) is 0 Å². The van der Waals surface area contributed by atoms with Gasteiger partial charge in [0.2, 0.25) is 0 Å². The molecule has 0 spiro atoms. The van der Waals surface area contributed by atoms with E-state index in [4.69, 9.17) is 21.3 Å². The first kappa shape index (κ1) is 17.0. The van der Waals surface area contributed by atoms with Crippen molar-refractivity contribution in [2.24, 2.45) is 4.99 Å². The predicted octanol–water partition coefficient (Wildman–Crippen LogP) is 5.21. The zero-order valence-corrected chi connectivity index (χ0v) is 14.3. The van der Waals surface area contributed by atoms with E-state index in [0.29, 0.717) is 0 Å². The molecule has 4 nitrogen and oxygen atoms in total. The molecule has 0 bridgehead atoms. The standard InChI is InChI=1S/C16H18NO3PS/c1-3-19-21(18,20-4-2)16(17-12-22)15-11-7-9-13-8-5-6-10-14(13)15/h5-11,16H,3-4H2,1-2H3. The summed E-state index contributed by atoms with van der Waals surface area (Å²) in [4.78, 5) is 4.11. The van der Waals surface area contributed by atoms with E-state index in [1.165, 1.54) is 0 Å². The zero-order valence-electron chi connectivity index (χ0n) is 12.6. The minimum absolute atomic E-state index is 0.269. The van der Waals surface area contributed by atoms with E-state index in [1.54, 1.807) is 13.8 Å². The SMILES string of the molecule is CCOP(=O)(OCC)C(N=C=S)c1cccc2ccccc12. The van der Waals surface area contributed by atoms with E-state index < -0.39 is 13.4 Å². The summed E-state index contributed by atoms with van der Waals surface area (Å²) in [6, 6.07) is 13.6. The van der Waals surface area contributed by atoms with Gasteiger partial charge in [-0.1, -0.05) is 42.5 Å². The van der Waals surface area contributed by atoms with Crippen LogP contribution in [0.15, 0.2) is 47.5 Å². The Kier molecular flexibility index (Phi) is 6.01. The van der Waals surface area contributed by atoms with Crippen molar-refractivity contribution in [3.8, 4) is 0 Å². The molecule has 1 atom stereocenters. The molecule has 0 N–H and O–H groups in total. The van der Waals surface area contributed by atoms with E-state index in [9.17, 15) is 4.57 Å². The van der Waals surface area contributed by atoms with Crippen LogP contribution in [0.3, 0.4) is 0 Å². The monoisotopic (exact) mass is 335 g/mol. The minimum Gasteiger partial charge on any atom is -0.307 e. The third kappa shape index (κ3) is 3.52. The van der Waals surface area contributed by atoms with Crippen molar-refractivity contribution < 1.29 is 13.6 Å². The summed E-state index contributed by atoms with van der Waals surface area (Å²) >= 11 is 4.74. The van der Waals surface area contributed by atoms with Gasteiger partial charge in [-0.2, -0.15) is 0 Å². The summed E-state index contributed by atoms with van der Waals surface area (Å²) in [5, 5.41) is 4.31. The summed E-state index contributed by atoms with van der Waals surface area (Å²) < 4.78 is 24.0. The number of hydrogen-bond acceptors (Lipinski definition) is 5. The second-order valence-corrected chi connectivity index (χ2v) is 6.81. The van der Waals surface area contributed by atoms with E-state index in [0.717, 1.165) is 16.3 Å². The van der Waals surface area contributed by atoms with Crippen molar-refractivity contribution in [3.63, 3.8) is 0 Å². The van der Waals surface area contributed by atoms with Crippen LogP contribution >= 0.6 is 19.8 Å². The summed E-state index contributed by atoms with van der Waals surface area (Å²) in [6.45, 7) is 4.08. The quantitative estimate of drug-likeness (QED) is 0.396. The molecule has 0 radical (unpaired) electrons. The molecule has 0 aromatic heterocycles. The van der Waals surface area contributed by atoms with E-state index in [1.807, 2.05) is 42.5 Å². The number of benzene rings is 2. The first-order valence-corrected chi connectivity index (χ1v) is 9.11. The van der Waals surface area contributed by atoms with Crippen LogP contribution in [0, 0.1) is 0 Å². The Hall–Kier alpha value is -1.35. The highest BCUT2D eigenvalue weighted by Crippen LogP contribution is 2.62. The Morgan fingerprint density at radius 3 is 2.41 bits per heavy atom. The molecule has 2 rings (SSSR count). The maximum Gasteiger partial charge on any atom is 0.360 e. The molecule has 0 fully saturated rings. The molecule has 0 amide bonds. The lowest BCUT2D eigenvalue weighted by molar-refractivity contribution is 0.213. The average Bonchev–Trinajstić information content (AvgIpc) is 2.52. The molecule has 0 aliphatic carbocycles. The molecule has 0 aliphatic rings. The van der Waals surface area contributed by atoms with Crippen molar-refractivity contribution in [2.75, 3.05) is 13.2 Å². The van der Waals surface area contributed by atoms with Gasteiger partial charge in [-0.3, -0.25) is 4.57 Å². The lowest BCUT2D eigenvalue weighted by atomic mass is 10.0. The largest absolute Gasteiger partial charge is 0.360 e. The van der Waals surface area contributed by atoms with E-state index in [2.05, 4.69) is 10.2 Å². The minimum atomic E-state index is -3.47. The van der Waals surface area contributed by atoms with Crippen LogP contribution < -0.4 is 0 Å². The molecular weight excluding hydrogens is 317 g/mol. The molecule has 22 heavy (non-hydrogen) atoms. The van der Waals surface area contributed by atoms with Crippen LogP contribution in [0.5, 0.6) is 0 Å². The molecule has 2 aromatic rings. The Labute approximate surface area is 135 Å². The van der Waals surface area contributed by atoms with Gasteiger partial charge < -0.3 is 9.05 Å². The molecule has 0 aliphatic heterocycles. The molecular formula is C16H18NO3PS. The topological polar surface area (TPSA) is 47.9 Å². The van der Waals surface area contributed by atoms with Crippen LogP contribution in [0.4, 0.5) is 0 Å². The van der Waals surface area contributed by atoms with Crippen LogP contribution in [-0.2, 0) is 13.6 Å². The molecule has 6 heteroatoms. The zero-order chi connectivity index (χ0) is 16.0. The van der Waals surface area contributed by atoms with Crippen LogP contribution in [0.1, 0.15) is 25.2 Å². The maximum absolute atomic E-state index is 13.1. The van der Waals surface area contributed by atoms with Crippen molar-refractivity contribution in [2.45, 2.75) is 19.6 Å². The molecule has 0 saturated heterocycles. The summed E-state index contributed by atoms with van der Waals surface area (Å²) in [5.41, 5.74) is 0.765. The highest BCUT2D eigenvalue weighted by molar-refractivity contribution is 7.78. The van der Waals surface area contributed by atoms with Crippen molar-refractivity contribution in [3.05, 3.63) is 48.0 Å². The Bertz CT molecular complexity index is 728. The molecule has 0 saturated carbocycles. The van der Waals surface area contributed by atoms with E-state index in [-0.39, 0.29) is 13.2 Å². The summed E-state index contributed by atoms with van der Waals surface area (Å²) in [6.07, 6.45) is 0. The first-order valence-electron chi connectivity index (χ1n) is 7.09. The lowest BCUT2D eigenvalue weighted by Crippen LogP contribution is -2.05. The summed E-state index contributed by atoms with van der Waals surface area (Å²) in [5.74, 6) is -0.809. The highest BCUT2D eigenvalue weighted by Gasteiger charge is 2.37. The number of nitrogens with zero attached hydrogens (tertiary/aromatic N) is 1. The van der Waals surface area contributed by atoms with Crippen LogP contribution in [0.25, 0.3) is 10.8 Å². The highest BCUT2D eigenvalue weighted by atomic mass is 32.1. The van der Waals surface area contributed by atoms with Crippen LogP contribution in [0.2, 0.25) is 0 Å². The smallest absolute Gasteiger partial charge is 0.307 e. The maximum atomic E-state index is 13.1. The lowest BCUT2D eigenvalue weighted by Gasteiger charge is -2.23. The first-order chi connectivity index (χ1) is 10.7. The molecule has 0 heterocycles.